The number of nitrogen functional groups attached to an aromatic ring is 1. The highest BCUT2D eigenvalue weighted by Crippen LogP contribution is 2.33. The van der Waals surface area contributed by atoms with E-state index in [1.54, 1.807) is 0 Å². The molecule has 10 nitrogen and oxygen atoms in total. The highest BCUT2D eigenvalue weighted by Gasteiger charge is 2.44. The van der Waals surface area contributed by atoms with Gasteiger partial charge in [0.05, 0.1) is 12.4 Å². The number of nitrogens with two attached hydrogens (primary N) is 1. The molecular weight excluding hydrogens is 350 g/mol. The molecule has 1 saturated heterocycles. The third-order valence-corrected chi connectivity index (χ3v) is 5.10. The molecule has 11 heteroatoms. The Hall–Kier alpha value is -1.95. The molecule has 0 radical (unpaired) electrons. The van der Waals surface area contributed by atoms with Crippen molar-refractivity contribution in [2.45, 2.75) is 37.4 Å². The molecule has 3 rings (SSSR count). The number of carbonyl (C=O) groups is 1. The van der Waals surface area contributed by atoms with Crippen LogP contribution < -0.4 is 5.73 Å². The monoisotopic (exact) mass is 369 g/mol. The maximum Gasteiger partial charge on any atom is 0.303 e. The van der Waals surface area contributed by atoms with Crippen molar-refractivity contribution in [3.63, 3.8) is 0 Å². The lowest BCUT2D eigenvalue weighted by Gasteiger charge is -2.16. The first-order chi connectivity index (χ1) is 12.0. The van der Waals surface area contributed by atoms with Gasteiger partial charge in [-0.3, -0.25) is 9.36 Å². The number of aliphatic hydroxyl groups is 2. The van der Waals surface area contributed by atoms with Gasteiger partial charge < -0.3 is 25.8 Å². The van der Waals surface area contributed by atoms with E-state index in [1.165, 1.54) is 29.0 Å². The third-order valence-electron chi connectivity index (χ3n) is 3.96. The number of ether oxygens (including phenoxy) is 1. The minimum Gasteiger partial charge on any atom is -0.481 e. The lowest BCUT2D eigenvalue weighted by atomic mass is 10.1. The average molecular weight is 369 g/mol. The number of carboxylic acids is 1. The zero-order valence-electron chi connectivity index (χ0n) is 13.2. The van der Waals surface area contributed by atoms with Crippen molar-refractivity contribution in [2.24, 2.45) is 0 Å². The molecule has 25 heavy (non-hydrogen) atoms. The van der Waals surface area contributed by atoms with Gasteiger partial charge in [-0.05, 0) is 12.2 Å². The molecule has 2 aromatic heterocycles. The van der Waals surface area contributed by atoms with Gasteiger partial charge in [0.2, 0.25) is 0 Å². The van der Waals surface area contributed by atoms with E-state index in [-0.39, 0.29) is 12.2 Å². The Bertz CT molecular complexity index is 756. The lowest BCUT2D eigenvalue weighted by molar-refractivity contribution is -0.137. The molecule has 0 saturated carbocycles. The summed E-state index contributed by atoms with van der Waals surface area (Å²) in [4.78, 5) is 22.6. The van der Waals surface area contributed by atoms with Crippen molar-refractivity contribution in [3.05, 3.63) is 12.7 Å². The maximum absolute atomic E-state index is 10.5. The summed E-state index contributed by atoms with van der Waals surface area (Å²) >= 11 is 1.47. The van der Waals surface area contributed by atoms with Gasteiger partial charge in [0.15, 0.2) is 17.7 Å². The van der Waals surface area contributed by atoms with E-state index in [9.17, 15) is 15.0 Å². The molecule has 1 fully saturated rings. The summed E-state index contributed by atoms with van der Waals surface area (Å²) in [6.07, 6.45) is -0.231. The highest BCUT2D eigenvalue weighted by molar-refractivity contribution is 7.99. The van der Waals surface area contributed by atoms with Gasteiger partial charge in [-0.2, -0.15) is 11.8 Å². The molecule has 1 aliphatic rings. The highest BCUT2D eigenvalue weighted by atomic mass is 32.2. The number of imidazole rings is 1. The second-order valence-corrected chi connectivity index (χ2v) is 6.85. The molecular formula is C14H19N5O5S. The zero-order chi connectivity index (χ0) is 18.0. The number of anilines is 1. The van der Waals surface area contributed by atoms with E-state index in [2.05, 4.69) is 15.0 Å². The molecule has 0 bridgehead atoms. The Labute approximate surface area is 147 Å². The summed E-state index contributed by atoms with van der Waals surface area (Å²) in [6.45, 7) is 0. The van der Waals surface area contributed by atoms with Crippen molar-refractivity contribution in [3.8, 4) is 0 Å². The minimum absolute atomic E-state index is 0.106. The Balaban J connectivity index is 1.65. The van der Waals surface area contributed by atoms with Crippen LogP contribution in [0.5, 0.6) is 0 Å². The number of fused-ring (bicyclic) bond motifs is 1. The largest absolute Gasteiger partial charge is 0.481 e. The number of rotatable bonds is 7. The molecule has 0 spiro atoms. The summed E-state index contributed by atoms with van der Waals surface area (Å²) in [5.41, 5.74) is 6.57. The van der Waals surface area contributed by atoms with Crippen LogP contribution in [0.4, 0.5) is 5.82 Å². The van der Waals surface area contributed by atoms with Gasteiger partial charge in [0, 0.05) is 12.2 Å². The second kappa shape index (κ2) is 7.52. The van der Waals surface area contributed by atoms with E-state index in [1.807, 2.05) is 0 Å². The van der Waals surface area contributed by atoms with Crippen LogP contribution in [0, 0.1) is 0 Å². The van der Waals surface area contributed by atoms with Crippen molar-refractivity contribution in [2.75, 3.05) is 17.2 Å². The van der Waals surface area contributed by atoms with Crippen LogP contribution in [-0.2, 0) is 9.53 Å². The number of aliphatic carboxylic acids is 1. The van der Waals surface area contributed by atoms with Crippen molar-refractivity contribution in [1.82, 2.24) is 19.5 Å². The minimum atomic E-state index is -1.14. The van der Waals surface area contributed by atoms with Gasteiger partial charge in [-0.25, -0.2) is 15.0 Å². The smallest absolute Gasteiger partial charge is 0.303 e. The summed E-state index contributed by atoms with van der Waals surface area (Å²) in [5.74, 6) is 0.471. The van der Waals surface area contributed by atoms with Crippen molar-refractivity contribution in [1.29, 1.82) is 0 Å². The zero-order valence-corrected chi connectivity index (χ0v) is 14.0. The van der Waals surface area contributed by atoms with Gasteiger partial charge in [0.1, 0.15) is 24.1 Å². The molecule has 0 amide bonds. The summed E-state index contributed by atoms with van der Waals surface area (Å²) in [6, 6.07) is 0. The number of nitrogens with zero attached hydrogens (tertiary/aromatic N) is 4. The standard InChI is InChI=1S/C14H19N5O5S/c15-12-9-13(17-5-16-12)19(6-18-9)14-11(23)10(22)7(24-14)4-25-3-1-2-8(20)21/h5-7,10-11,14,22-23H,1-4H2,(H,20,21)(H2,15,16,17). The Morgan fingerprint density at radius 3 is 2.88 bits per heavy atom. The molecule has 1 aliphatic heterocycles. The fourth-order valence-corrected chi connectivity index (χ4v) is 3.70. The molecule has 4 unspecified atom stereocenters. The van der Waals surface area contributed by atoms with E-state index in [0.717, 1.165) is 0 Å². The molecule has 0 aliphatic carbocycles. The summed E-state index contributed by atoms with van der Waals surface area (Å²) in [5, 5.41) is 29.2. The van der Waals surface area contributed by atoms with Crippen LogP contribution in [0.25, 0.3) is 11.2 Å². The van der Waals surface area contributed by atoms with E-state index >= 15 is 0 Å². The number of hydrogen-bond donors (Lipinski definition) is 4. The van der Waals surface area contributed by atoms with Gasteiger partial charge >= 0.3 is 5.97 Å². The number of carboxylic acid groups (broad SMARTS) is 1. The molecule has 2 aromatic rings. The Morgan fingerprint density at radius 2 is 2.12 bits per heavy atom. The lowest BCUT2D eigenvalue weighted by Crippen LogP contribution is -2.32. The Morgan fingerprint density at radius 1 is 1.32 bits per heavy atom. The first-order valence-electron chi connectivity index (χ1n) is 7.73. The number of aliphatic hydroxyl groups excluding tert-OH is 2. The molecule has 136 valence electrons. The van der Waals surface area contributed by atoms with Crippen LogP contribution in [0.1, 0.15) is 19.1 Å². The molecule has 0 aromatic carbocycles. The van der Waals surface area contributed by atoms with E-state index in [4.69, 9.17) is 15.6 Å². The SMILES string of the molecule is Nc1ncnc2c1ncn2C1OC(CSCCCC(=O)O)C(O)C1O. The predicted octanol–water partition coefficient (Wildman–Crippen LogP) is -0.374. The first kappa shape index (κ1) is 17.9. The fraction of sp³-hybridized carbons (Fsp3) is 0.571. The van der Waals surface area contributed by atoms with E-state index < -0.39 is 30.5 Å². The normalized spacial score (nSPS) is 26.3. The summed E-state index contributed by atoms with van der Waals surface area (Å²) in [7, 11) is 0. The van der Waals surface area contributed by atoms with Crippen molar-refractivity contribution < 1.29 is 24.9 Å². The quantitative estimate of drug-likeness (QED) is 0.474. The van der Waals surface area contributed by atoms with Crippen LogP contribution in [0.2, 0.25) is 0 Å². The predicted molar refractivity (Wildman–Crippen MR) is 89.9 cm³/mol. The Kier molecular flexibility index (Phi) is 5.37. The summed E-state index contributed by atoms with van der Waals surface area (Å²) < 4.78 is 7.31. The van der Waals surface area contributed by atoms with E-state index in [0.29, 0.717) is 29.1 Å². The van der Waals surface area contributed by atoms with Crippen LogP contribution in [-0.4, -0.2) is 70.6 Å². The fourth-order valence-electron chi connectivity index (χ4n) is 2.68. The molecule has 3 heterocycles. The van der Waals surface area contributed by atoms with Crippen LogP contribution >= 0.6 is 11.8 Å². The van der Waals surface area contributed by atoms with Crippen LogP contribution in [0.3, 0.4) is 0 Å². The molecule has 4 atom stereocenters. The van der Waals surface area contributed by atoms with Gasteiger partial charge in [0.25, 0.3) is 0 Å². The first-order valence-corrected chi connectivity index (χ1v) is 8.88. The third kappa shape index (κ3) is 3.68. The topological polar surface area (TPSA) is 157 Å². The van der Waals surface area contributed by atoms with Crippen molar-refractivity contribution >= 4 is 34.7 Å². The number of hydrogen-bond acceptors (Lipinski definition) is 9. The van der Waals surface area contributed by atoms with Gasteiger partial charge in [-0.15, -0.1) is 0 Å². The van der Waals surface area contributed by atoms with Crippen LogP contribution in [0.15, 0.2) is 12.7 Å². The number of aromatic nitrogens is 4. The average Bonchev–Trinajstić information content (AvgIpc) is 3.11. The second-order valence-electron chi connectivity index (χ2n) is 5.70. The number of thioether (sulfide) groups is 1. The molecule has 5 N–H and O–H groups in total. The van der Waals surface area contributed by atoms with Gasteiger partial charge in [-0.1, -0.05) is 0 Å². The maximum atomic E-state index is 10.5.